The van der Waals surface area contributed by atoms with E-state index in [4.69, 9.17) is 4.74 Å². The fraction of sp³-hybridized carbons (Fsp3) is 0.571. The first-order valence-corrected chi connectivity index (χ1v) is 6.06. The van der Waals surface area contributed by atoms with Gasteiger partial charge in [-0.15, -0.1) is 0 Å². The summed E-state index contributed by atoms with van der Waals surface area (Å²) in [6, 6.07) is 4.77. The number of hydrogen-bond donors (Lipinski definition) is 1. The molecule has 0 radical (unpaired) electrons. The lowest BCUT2D eigenvalue weighted by atomic mass is 9.75. The molecule has 1 aliphatic rings. The Balaban J connectivity index is 2.08. The first-order chi connectivity index (χ1) is 8.06. The highest BCUT2D eigenvalue weighted by molar-refractivity contribution is 5.26. The number of hydrogen-bond acceptors (Lipinski definition) is 2. The van der Waals surface area contributed by atoms with Crippen molar-refractivity contribution in [2.24, 2.45) is 0 Å². The van der Waals surface area contributed by atoms with E-state index in [1.165, 1.54) is 6.07 Å². The number of aryl methyl sites for hydroxylation is 1. The molecule has 2 rings (SSSR count). The molecule has 0 heterocycles. The van der Waals surface area contributed by atoms with Crippen LogP contribution in [0, 0.1) is 12.7 Å². The molecule has 1 aliphatic carbocycles. The normalized spacial score (nSPS) is 19.8. The predicted octanol–water partition coefficient (Wildman–Crippen LogP) is 3.13. The standard InChI is InChI=1S/C14H19FO2/c1-10-8-11(4-5-12(10)15)13(16)9-14(17-2)6-3-7-14/h4-5,8,13,16H,3,6-7,9H2,1-2H3. The molecule has 1 unspecified atom stereocenters. The maximum Gasteiger partial charge on any atom is 0.126 e. The van der Waals surface area contributed by atoms with Gasteiger partial charge in [-0.1, -0.05) is 12.1 Å². The van der Waals surface area contributed by atoms with Crippen LogP contribution in [0.3, 0.4) is 0 Å². The number of methoxy groups -OCH3 is 1. The highest BCUT2D eigenvalue weighted by Gasteiger charge is 2.39. The minimum Gasteiger partial charge on any atom is -0.388 e. The van der Waals surface area contributed by atoms with Gasteiger partial charge in [0, 0.05) is 13.5 Å². The van der Waals surface area contributed by atoms with Gasteiger partial charge in [0.15, 0.2) is 0 Å². The van der Waals surface area contributed by atoms with Gasteiger partial charge in [-0.2, -0.15) is 0 Å². The van der Waals surface area contributed by atoms with Crippen LogP contribution in [0.15, 0.2) is 18.2 Å². The van der Waals surface area contributed by atoms with Crippen molar-refractivity contribution < 1.29 is 14.2 Å². The molecule has 3 heteroatoms. The molecule has 1 aromatic carbocycles. The maximum atomic E-state index is 13.1. The second kappa shape index (κ2) is 4.75. The summed E-state index contributed by atoms with van der Waals surface area (Å²) in [4.78, 5) is 0. The summed E-state index contributed by atoms with van der Waals surface area (Å²) in [6.07, 6.45) is 3.17. The van der Waals surface area contributed by atoms with Crippen LogP contribution in [0.4, 0.5) is 4.39 Å². The average Bonchev–Trinajstić information content (AvgIpc) is 2.27. The van der Waals surface area contributed by atoms with Gasteiger partial charge < -0.3 is 9.84 Å². The Bertz CT molecular complexity index is 394. The van der Waals surface area contributed by atoms with Crippen molar-refractivity contribution in [2.75, 3.05) is 7.11 Å². The van der Waals surface area contributed by atoms with Gasteiger partial charge in [-0.05, 0) is 43.4 Å². The molecule has 0 saturated heterocycles. The molecule has 0 aromatic heterocycles. The first-order valence-electron chi connectivity index (χ1n) is 6.06. The molecular weight excluding hydrogens is 219 g/mol. The predicted molar refractivity (Wildman–Crippen MR) is 64.3 cm³/mol. The number of halogens is 1. The Kier molecular flexibility index (Phi) is 3.50. The van der Waals surface area contributed by atoms with E-state index in [1.54, 1.807) is 26.2 Å². The van der Waals surface area contributed by atoms with E-state index in [1.807, 2.05) is 0 Å². The van der Waals surface area contributed by atoms with E-state index in [0.29, 0.717) is 12.0 Å². The van der Waals surface area contributed by atoms with Gasteiger partial charge in [0.05, 0.1) is 11.7 Å². The molecule has 1 saturated carbocycles. The minimum absolute atomic E-state index is 0.165. The Morgan fingerprint density at radius 2 is 2.18 bits per heavy atom. The summed E-state index contributed by atoms with van der Waals surface area (Å²) in [5, 5.41) is 10.2. The van der Waals surface area contributed by atoms with Gasteiger partial charge in [-0.25, -0.2) is 4.39 Å². The van der Waals surface area contributed by atoms with E-state index >= 15 is 0 Å². The van der Waals surface area contributed by atoms with Crippen LogP contribution in [-0.2, 0) is 4.74 Å². The summed E-state index contributed by atoms with van der Waals surface area (Å²) >= 11 is 0. The van der Waals surface area contributed by atoms with E-state index in [-0.39, 0.29) is 11.4 Å². The molecule has 2 nitrogen and oxygen atoms in total. The molecule has 1 fully saturated rings. The van der Waals surface area contributed by atoms with Crippen molar-refractivity contribution in [2.45, 2.75) is 44.3 Å². The molecule has 0 amide bonds. The van der Waals surface area contributed by atoms with E-state index in [9.17, 15) is 9.50 Å². The maximum absolute atomic E-state index is 13.1. The zero-order chi connectivity index (χ0) is 12.5. The van der Waals surface area contributed by atoms with Gasteiger partial charge in [0.25, 0.3) is 0 Å². The van der Waals surface area contributed by atoms with Crippen molar-refractivity contribution >= 4 is 0 Å². The summed E-state index contributed by atoms with van der Waals surface area (Å²) in [6.45, 7) is 1.71. The highest BCUT2D eigenvalue weighted by Crippen LogP contribution is 2.41. The second-order valence-corrected chi connectivity index (χ2v) is 4.97. The molecule has 0 spiro atoms. The summed E-state index contributed by atoms with van der Waals surface area (Å²) in [5.41, 5.74) is 1.18. The average molecular weight is 238 g/mol. The summed E-state index contributed by atoms with van der Waals surface area (Å²) < 4.78 is 18.6. The van der Waals surface area contributed by atoms with Gasteiger partial charge in [0.1, 0.15) is 5.82 Å². The van der Waals surface area contributed by atoms with Crippen LogP contribution in [0.25, 0.3) is 0 Å². The molecule has 17 heavy (non-hydrogen) atoms. The van der Waals surface area contributed by atoms with Crippen LogP contribution in [0.5, 0.6) is 0 Å². The molecule has 1 aromatic rings. The van der Waals surface area contributed by atoms with Crippen LogP contribution in [-0.4, -0.2) is 17.8 Å². The molecule has 94 valence electrons. The quantitative estimate of drug-likeness (QED) is 0.873. The summed E-state index contributed by atoms with van der Waals surface area (Å²) in [7, 11) is 1.70. The number of benzene rings is 1. The van der Waals surface area contributed by atoms with Crippen molar-refractivity contribution in [3.8, 4) is 0 Å². The molecule has 1 N–H and O–H groups in total. The molecule has 1 atom stereocenters. The second-order valence-electron chi connectivity index (χ2n) is 4.97. The third-order valence-corrected chi connectivity index (χ3v) is 3.83. The summed E-state index contributed by atoms with van der Waals surface area (Å²) in [5.74, 6) is -0.231. The Hall–Kier alpha value is -0.930. The Morgan fingerprint density at radius 1 is 1.47 bits per heavy atom. The van der Waals surface area contributed by atoms with Gasteiger partial charge >= 0.3 is 0 Å². The lowest BCUT2D eigenvalue weighted by Gasteiger charge is -2.41. The fourth-order valence-corrected chi connectivity index (χ4v) is 2.41. The third kappa shape index (κ3) is 2.50. The zero-order valence-electron chi connectivity index (χ0n) is 10.4. The van der Waals surface area contributed by atoms with Crippen LogP contribution >= 0.6 is 0 Å². The van der Waals surface area contributed by atoms with Gasteiger partial charge in [0.2, 0.25) is 0 Å². The van der Waals surface area contributed by atoms with Crippen LogP contribution < -0.4 is 0 Å². The van der Waals surface area contributed by atoms with Crippen LogP contribution in [0.2, 0.25) is 0 Å². The van der Waals surface area contributed by atoms with E-state index in [0.717, 1.165) is 24.8 Å². The van der Waals surface area contributed by atoms with Crippen molar-refractivity contribution in [3.63, 3.8) is 0 Å². The number of ether oxygens (including phenoxy) is 1. The molecule has 0 aliphatic heterocycles. The minimum atomic E-state index is -0.574. The Labute approximate surface area is 101 Å². The lowest BCUT2D eigenvalue weighted by molar-refractivity contribution is -0.0999. The first kappa shape index (κ1) is 12.5. The molecule has 0 bridgehead atoms. The van der Waals surface area contributed by atoms with Gasteiger partial charge in [-0.3, -0.25) is 0 Å². The number of aliphatic hydroxyl groups excluding tert-OH is 1. The molecular formula is C14H19FO2. The highest BCUT2D eigenvalue weighted by atomic mass is 19.1. The van der Waals surface area contributed by atoms with E-state index in [2.05, 4.69) is 0 Å². The van der Waals surface area contributed by atoms with Crippen molar-refractivity contribution in [1.29, 1.82) is 0 Å². The van der Waals surface area contributed by atoms with Crippen molar-refractivity contribution in [1.82, 2.24) is 0 Å². The van der Waals surface area contributed by atoms with Crippen molar-refractivity contribution in [3.05, 3.63) is 35.1 Å². The monoisotopic (exact) mass is 238 g/mol. The third-order valence-electron chi connectivity index (χ3n) is 3.83. The SMILES string of the molecule is COC1(CC(O)c2ccc(F)c(C)c2)CCC1. The number of aliphatic hydroxyl groups is 1. The lowest BCUT2D eigenvalue weighted by Crippen LogP contribution is -2.40. The van der Waals surface area contributed by atoms with Crippen LogP contribution in [0.1, 0.15) is 42.9 Å². The largest absolute Gasteiger partial charge is 0.388 e. The topological polar surface area (TPSA) is 29.5 Å². The number of rotatable bonds is 4. The van der Waals surface area contributed by atoms with E-state index < -0.39 is 6.10 Å². The fourth-order valence-electron chi connectivity index (χ4n) is 2.41. The smallest absolute Gasteiger partial charge is 0.126 e. The Morgan fingerprint density at radius 3 is 2.65 bits per heavy atom. The zero-order valence-corrected chi connectivity index (χ0v) is 10.4.